The Morgan fingerprint density at radius 1 is 1.04 bits per heavy atom. The number of likely N-dealkylation sites (N-methyl/N-ethyl adjacent to an activating group) is 1. The summed E-state index contributed by atoms with van der Waals surface area (Å²) in [4.78, 5) is 70.8. The van der Waals surface area contributed by atoms with Crippen LogP contribution in [0.25, 0.3) is 0 Å². The van der Waals surface area contributed by atoms with Gasteiger partial charge in [0, 0.05) is 23.9 Å². The van der Waals surface area contributed by atoms with E-state index < -0.39 is 35.9 Å². The van der Waals surface area contributed by atoms with Gasteiger partial charge in [0.05, 0.1) is 12.0 Å². The van der Waals surface area contributed by atoms with E-state index in [1.165, 1.54) is 5.38 Å². The fourth-order valence-electron chi connectivity index (χ4n) is 5.59. The summed E-state index contributed by atoms with van der Waals surface area (Å²) in [6.45, 7) is 10.2. The number of likely N-dealkylation sites (tertiary alicyclic amines) is 1. The van der Waals surface area contributed by atoms with Crippen LogP contribution in [0.1, 0.15) is 92.6 Å². The summed E-state index contributed by atoms with van der Waals surface area (Å²) in [5.74, 6) is -3.07. The molecule has 1 aromatic heterocycles. The van der Waals surface area contributed by atoms with Crippen molar-refractivity contribution in [3.05, 3.63) is 52.0 Å². The fourth-order valence-corrected chi connectivity index (χ4v) is 6.34. The molecule has 0 bridgehead atoms. The molecule has 3 rings (SSSR count). The summed E-state index contributed by atoms with van der Waals surface area (Å²) in [5.41, 5.74) is 1.04. The Morgan fingerprint density at radius 3 is 2.33 bits per heavy atom. The molecule has 2 aromatic rings. The van der Waals surface area contributed by atoms with Crippen LogP contribution in [0.4, 0.5) is 0 Å². The lowest BCUT2D eigenvalue weighted by Gasteiger charge is -2.29. The number of hydrogen-bond acceptors (Lipinski definition) is 8. The number of aromatic nitrogens is 1. The molecule has 0 saturated carbocycles. The van der Waals surface area contributed by atoms with E-state index in [2.05, 4.69) is 20.9 Å². The van der Waals surface area contributed by atoms with Crippen LogP contribution in [0.5, 0.6) is 0 Å². The highest BCUT2D eigenvalue weighted by molar-refractivity contribution is 7.11. The third kappa shape index (κ3) is 10.4. The number of carbonyl (C=O) groups excluding carboxylic acids is 4. The first-order chi connectivity index (χ1) is 21.8. The molecule has 6 atom stereocenters. The molecule has 1 saturated heterocycles. The SMILES string of the molecule is CC[C@H](C)[C@H](NC(=O)[C@@H]1CCCN1C)C(=O)N[C@H](CC(=O)c1nc(C(=O)N[C@@H](Cc2ccccc2)C[C@H](C)C(=O)O)cs1)C(C)C. The zero-order valence-electron chi connectivity index (χ0n) is 27.7. The number of carboxylic acids is 1. The van der Waals surface area contributed by atoms with E-state index in [-0.39, 0.29) is 59.0 Å². The van der Waals surface area contributed by atoms with Gasteiger partial charge in [-0.25, -0.2) is 4.98 Å². The first-order valence-corrected chi connectivity index (χ1v) is 17.1. The lowest BCUT2D eigenvalue weighted by molar-refractivity contribution is -0.141. The summed E-state index contributed by atoms with van der Waals surface area (Å²) in [5, 5.41) is 20.0. The standard InChI is InChI=1S/C34H49N5O6S/c1-7-21(4)29(38-31(42)27-14-11-15-39(27)6)32(43)36-25(20(2)3)18-28(40)33-37-26(19-46-33)30(41)35-24(16-22(5)34(44)45)17-23-12-9-8-10-13-23/h8-10,12-13,19-22,24-25,27,29H,7,11,14-18H2,1-6H3,(H,35,41)(H,36,43)(H,38,42)(H,44,45)/t21-,22-,24+,25+,27-,29-/m0/s1. The minimum atomic E-state index is -0.945. The predicted molar refractivity (Wildman–Crippen MR) is 178 cm³/mol. The maximum absolute atomic E-state index is 13.5. The van der Waals surface area contributed by atoms with E-state index in [4.69, 9.17) is 0 Å². The zero-order chi connectivity index (χ0) is 34.0. The van der Waals surface area contributed by atoms with Crippen molar-refractivity contribution in [1.29, 1.82) is 0 Å². The first kappa shape index (κ1) is 36.8. The van der Waals surface area contributed by atoms with E-state index in [1.54, 1.807) is 6.92 Å². The van der Waals surface area contributed by atoms with Gasteiger partial charge in [-0.3, -0.25) is 28.9 Å². The van der Waals surface area contributed by atoms with Crippen molar-refractivity contribution in [2.75, 3.05) is 13.6 Å². The molecule has 4 N–H and O–H groups in total. The maximum Gasteiger partial charge on any atom is 0.306 e. The average molecular weight is 656 g/mol. The molecule has 0 unspecified atom stereocenters. The van der Waals surface area contributed by atoms with Crippen molar-refractivity contribution in [1.82, 2.24) is 25.8 Å². The van der Waals surface area contributed by atoms with E-state index >= 15 is 0 Å². The molecule has 252 valence electrons. The van der Waals surface area contributed by atoms with Crippen molar-refractivity contribution < 1.29 is 29.1 Å². The van der Waals surface area contributed by atoms with Crippen LogP contribution in [0.2, 0.25) is 0 Å². The Kier molecular flexibility index (Phi) is 13.9. The fraction of sp³-hybridized carbons (Fsp3) is 0.588. The number of benzene rings is 1. The van der Waals surface area contributed by atoms with Gasteiger partial charge in [0.15, 0.2) is 10.8 Å². The smallest absolute Gasteiger partial charge is 0.306 e. The predicted octanol–water partition coefficient (Wildman–Crippen LogP) is 3.93. The molecule has 1 aromatic carbocycles. The highest BCUT2D eigenvalue weighted by Gasteiger charge is 2.34. The normalized spacial score (nSPS) is 18.3. The molecule has 11 nitrogen and oxygen atoms in total. The summed E-state index contributed by atoms with van der Waals surface area (Å²) >= 11 is 1.06. The average Bonchev–Trinajstić information content (AvgIpc) is 3.69. The van der Waals surface area contributed by atoms with Gasteiger partial charge in [-0.2, -0.15) is 0 Å². The maximum atomic E-state index is 13.5. The van der Waals surface area contributed by atoms with E-state index in [0.29, 0.717) is 12.8 Å². The van der Waals surface area contributed by atoms with Gasteiger partial charge >= 0.3 is 5.97 Å². The number of nitrogens with zero attached hydrogens (tertiary/aromatic N) is 2. The summed E-state index contributed by atoms with van der Waals surface area (Å²) < 4.78 is 0. The highest BCUT2D eigenvalue weighted by Crippen LogP contribution is 2.20. The molecule has 3 amide bonds. The number of carboxylic acid groups (broad SMARTS) is 1. The minimum absolute atomic E-state index is 0.0166. The molecule has 0 spiro atoms. The molecule has 12 heteroatoms. The van der Waals surface area contributed by atoms with Crippen molar-refractivity contribution in [3.63, 3.8) is 0 Å². The Labute approximate surface area is 275 Å². The van der Waals surface area contributed by atoms with Gasteiger partial charge in [0.25, 0.3) is 5.91 Å². The molecule has 0 aliphatic carbocycles. The monoisotopic (exact) mass is 655 g/mol. The quantitative estimate of drug-likeness (QED) is 0.187. The van der Waals surface area contributed by atoms with E-state index in [1.807, 2.05) is 70.0 Å². The topological polar surface area (TPSA) is 158 Å². The number of rotatable bonds is 17. The number of nitrogens with one attached hydrogen (secondary N) is 3. The number of Topliss-reactive ketones (excluding diaryl/α,β-unsaturated/α-hetero) is 1. The Balaban J connectivity index is 1.66. The first-order valence-electron chi connectivity index (χ1n) is 16.2. The van der Waals surface area contributed by atoms with Crippen LogP contribution >= 0.6 is 11.3 Å². The van der Waals surface area contributed by atoms with Crippen LogP contribution in [-0.2, 0) is 20.8 Å². The second kappa shape index (κ2) is 17.3. The second-order valence-electron chi connectivity index (χ2n) is 12.9. The number of ketones is 1. The molecule has 1 aliphatic rings. The van der Waals surface area contributed by atoms with Crippen molar-refractivity contribution in [2.24, 2.45) is 17.8 Å². The van der Waals surface area contributed by atoms with E-state index in [0.717, 1.165) is 36.3 Å². The number of aliphatic carboxylic acids is 1. The third-order valence-corrected chi connectivity index (χ3v) is 9.73. The number of carbonyl (C=O) groups is 5. The van der Waals surface area contributed by atoms with Gasteiger partial charge in [-0.05, 0) is 56.7 Å². The number of hydrogen-bond donors (Lipinski definition) is 4. The molecule has 46 heavy (non-hydrogen) atoms. The Hall–Kier alpha value is -3.64. The van der Waals surface area contributed by atoms with Crippen LogP contribution in [0.3, 0.4) is 0 Å². The van der Waals surface area contributed by atoms with Crippen LogP contribution in [-0.4, -0.2) is 82.2 Å². The number of amides is 3. The molecular formula is C34H49N5O6S. The van der Waals surface area contributed by atoms with Crippen molar-refractivity contribution in [3.8, 4) is 0 Å². The van der Waals surface area contributed by atoms with Crippen LogP contribution in [0, 0.1) is 17.8 Å². The lowest BCUT2D eigenvalue weighted by Crippen LogP contribution is -2.56. The molecule has 0 radical (unpaired) electrons. The molecular weight excluding hydrogens is 606 g/mol. The van der Waals surface area contributed by atoms with E-state index in [9.17, 15) is 29.1 Å². The van der Waals surface area contributed by atoms with Gasteiger partial charge in [-0.15, -0.1) is 11.3 Å². The van der Waals surface area contributed by atoms with Crippen molar-refractivity contribution >= 4 is 40.8 Å². The summed E-state index contributed by atoms with van der Waals surface area (Å²) in [6, 6.07) is 7.55. The Bertz CT molecular complexity index is 1350. The largest absolute Gasteiger partial charge is 0.481 e. The van der Waals surface area contributed by atoms with Gasteiger partial charge in [-0.1, -0.05) is 71.4 Å². The molecule has 2 heterocycles. The van der Waals surface area contributed by atoms with Gasteiger partial charge in [0.2, 0.25) is 11.8 Å². The van der Waals surface area contributed by atoms with Gasteiger partial charge < -0.3 is 21.1 Å². The number of thiazole rings is 1. The second-order valence-corrected chi connectivity index (χ2v) is 13.7. The summed E-state index contributed by atoms with van der Waals surface area (Å²) in [6.07, 6.45) is 3.04. The van der Waals surface area contributed by atoms with Crippen LogP contribution < -0.4 is 16.0 Å². The highest BCUT2D eigenvalue weighted by atomic mass is 32.1. The molecule has 1 aliphatic heterocycles. The minimum Gasteiger partial charge on any atom is -0.481 e. The van der Waals surface area contributed by atoms with Gasteiger partial charge in [0.1, 0.15) is 11.7 Å². The zero-order valence-corrected chi connectivity index (χ0v) is 28.6. The third-order valence-electron chi connectivity index (χ3n) is 8.85. The molecule has 1 fully saturated rings. The van der Waals surface area contributed by atoms with Crippen molar-refractivity contribution in [2.45, 2.75) is 97.3 Å². The lowest BCUT2D eigenvalue weighted by atomic mass is 9.94. The summed E-state index contributed by atoms with van der Waals surface area (Å²) in [7, 11) is 1.91. The Morgan fingerprint density at radius 2 is 1.74 bits per heavy atom. The van der Waals surface area contributed by atoms with Crippen LogP contribution in [0.15, 0.2) is 35.7 Å².